The van der Waals surface area contributed by atoms with E-state index in [2.05, 4.69) is 10.0 Å². The molecule has 1 aromatic rings. The third-order valence-electron chi connectivity index (χ3n) is 3.24. The van der Waals surface area contributed by atoms with Crippen LogP contribution in [0.15, 0.2) is 18.2 Å². The summed E-state index contributed by atoms with van der Waals surface area (Å²) in [4.78, 5) is 0. The fourth-order valence-corrected chi connectivity index (χ4v) is 3.78. The summed E-state index contributed by atoms with van der Waals surface area (Å²) in [6.07, 6.45) is 1.88. The first-order chi connectivity index (χ1) is 8.96. The Hall–Kier alpha value is -1.14. The van der Waals surface area contributed by atoms with Gasteiger partial charge in [-0.2, -0.15) is 0 Å². The van der Waals surface area contributed by atoms with Crippen molar-refractivity contribution in [1.82, 2.24) is 5.32 Å². The summed E-state index contributed by atoms with van der Waals surface area (Å²) >= 11 is 0. The number of benzene rings is 1. The molecule has 1 aliphatic rings. The molecule has 6 heteroatoms. The van der Waals surface area contributed by atoms with Gasteiger partial charge in [0.15, 0.2) is 0 Å². The van der Waals surface area contributed by atoms with Gasteiger partial charge < -0.3 is 5.32 Å². The predicted octanol–water partition coefficient (Wildman–Crippen LogP) is 1.88. The van der Waals surface area contributed by atoms with Gasteiger partial charge in [-0.15, -0.1) is 0 Å². The van der Waals surface area contributed by atoms with Crippen molar-refractivity contribution in [3.63, 3.8) is 0 Å². The van der Waals surface area contributed by atoms with Crippen LogP contribution in [0.25, 0.3) is 0 Å². The molecule has 0 aliphatic carbocycles. The molecule has 1 aliphatic heterocycles. The molecule has 4 nitrogen and oxygen atoms in total. The molecule has 106 valence electrons. The minimum atomic E-state index is -3.50. The van der Waals surface area contributed by atoms with Crippen LogP contribution in [0, 0.1) is 18.7 Å². The molecule has 0 saturated carbocycles. The second-order valence-electron chi connectivity index (χ2n) is 5.08. The van der Waals surface area contributed by atoms with Gasteiger partial charge in [-0.3, -0.25) is 4.72 Å². The first-order valence-electron chi connectivity index (χ1n) is 6.44. The van der Waals surface area contributed by atoms with Crippen molar-refractivity contribution >= 4 is 15.7 Å². The molecule has 0 aromatic heterocycles. The molecule has 2 rings (SSSR count). The van der Waals surface area contributed by atoms with Gasteiger partial charge >= 0.3 is 0 Å². The molecule has 1 saturated heterocycles. The van der Waals surface area contributed by atoms with Gasteiger partial charge in [-0.05, 0) is 56.5 Å². The molecule has 0 bridgehead atoms. The van der Waals surface area contributed by atoms with Crippen molar-refractivity contribution in [2.45, 2.75) is 19.8 Å². The third-order valence-corrected chi connectivity index (χ3v) is 4.68. The van der Waals surface area contributed by atoms with E-state index >= 15 is 0 Å². The molecule has 2 N–H and O–H groups in total. The molecule has 0 amide bonds. The van der Waals surface area contributed by atoms with Crippen LogP contribution >= 0.6 is 0 Å². The fraction of sp³-hybridized carbons (Fsp3) is 0.538. The SMILES string of the molecule is Cc1ccc(F)c(NS(=O)(=O)CC2CCCNC2)c1. The number of hydrogen-bond donors (Lipinski definition) is 2. The third kappa shape index (κ3) is 4.18. The van der Waals surface area contributed by atoms with E-state index < -0.39 is 15.8 Å². The summed E-state index contributed by atoms with van der Waals surface area (Å²) < 4.78 is 39.9. The maximum Gasteiger partial charge on any atom is 0.233 e. The Morgan fingerprint density at radius 1 is 1.47 bits per heavy atom. The summed E-state index contributed by atoms with van der Waals surface area (Å²) in [5.41, 5.74) is 0.849. The zero-order valence-corrected chi connectivity index (χ0v) is 11.8. The van der Waals surface area contributed by atoms with Crippen LogP contribution in [0.3, 0.4) is 0 Å². The first kappa shape index (κ1) is 14.3. The summed E-state index contributed by atoms with van der Waals surface area (Å²) in [6, 6.07) is 4.39. The lowest BCUT2D eigenvalue weighted by molar-refractivity contribution is 0.404. The summed E-state index contributed by atoms with van der Waals surface area (Å²) in [7, 11) is -3.50. The lowest BCUT2D eigenvalue weighted by Gasteiger charge is -2.22. The summed E-state index contributed by atoms with van der Waals surface area (Å²) in [5.74, 6) is -0.414. The second-order valence-corrected chi connectivity index (χ2v) is 6.85. The molecule has 1 unspecified atom stereocenters. The Bertz CT molecular complexity index is 540. The van der Waals surface area contributed by atoms with Crippen molar-refractivity contribution < 1.29 is 12.8 Å². The highest BCUT2D eigenvalue weighted by Gasteiger charge is 2.22. The monoisotopic (exact) mass is 286 g/mol. The van der Waals surface area contributed by atoms with Gasteiger partial charge in [-0.1, -0.05) is 6.07 Å². The highest BCUT2D eigenvalue weighted by molar-refractivity contribution is 7.92. The molecule has 1 heterocycles. The number of aryl methyl sites for hydroxylation is 1. The number of anilines is 1. The quantitative estimate of drug-likeness (QED) is 0.888. The van der Waals surface area contributed by atoms with Crippen molar-refractivity contribution in [2.75, 3.05) is 23.6 Å². The minimum absolute atomic E-state index is 0.0313. The average Bonchev–Trinajstić information content (AvgIpc) is 2.34. The number of halogens is 1. The van der Waals surface area contributed by atoms with Crippen LogP contribution in [0.2, 0.25) is 0 Å². The summed E-state index contributed by atoms with van der Waals surface area (Å²) in [5, 5.41) is 3.18. The van der Waals surface area contributed by atoms with E-state index in [1.807, 2.05) is 0 Å². The Balaban J connectivity index is 2.05. The molecule has 1 fully saturated rings. The van der Waals surface area contributed by atoms with Crippen molar-refractivity contribution in [1.29, 1.82) is 0 Å². The van der Waals surface area contributed by atoms with Crippen LogP contribution in [0.4, 0.5) is 10.1 Å². The lowest BCUT2D eigenvalue weighted by atomic mass is 10.0. The van der Waals surface area contributed by atoms with Gasteiger partial charge in [-0.25, -0.2) is 12.8 Å². The smallest absolute Gasteiger partial charge is 0.233 e. The molecular weight excluding hydrogens is 267 g/mol. The van der Waals surface area contributed by atoms with Gasteiger partial charge in [0.1, 0.15) is 5.82 Å². The molecular formula is C13H19FN2O2S. The van der Waals surface area contributed by atoms with Crippen LogP contribution in [0.1, 0.15) is 18.4 Å². The lowest BCUT2D eigenvalue weighted by Crippen LogP contribution is -2.35. The van der Waals surface area contributed by atoms with Gasteiger partial charge in [0, 0.05) is 0 Å². The van der Waals surface area contributed by atoms with Crippen LogP contribution in [-0.4, -0.2) is 27.3 Å². The Morgan fingerprint density at radius 3 is 2.95 bits per heavy atom. The van der Waals surface area contributed by atoms with E-state index in [1.165, 1.54) is 12.1 Å². The second kappa shape index (κ2) is 5.88. The van der Waals surface area contributed by atoms with Gasteiger partial charge in [0.05, 0.1) is 11.4 Å². The molecule has 1 aromatic carbocycles. The number of sulfonamides is 1. The van der Waals surface area contributed by atoms with E-state index in [0.29, 0.717) is 6.54 Å². The highest BCUT2D eigenvalue weighted by Crippen LogP contribution is 2.19. The molecule has 0 spiro atoms. The minimum Gasteiger partial charge on any atom is -0.316 e. The maximum absolute atomic E-state index is 13.5. The standard InChI is InChI=1S/C13H19FN2O2S/c1-10-4-5-12(14)13(7-10)16-19(17,18)9-11-3-2-6-15-8-11/h4-5,7,11,15-16H,2-3,6,8-9H2,1H3. The number of piperidine rings is 1. The number of nitrogens with one attached hydrogen (secondary N) is 2. The number of rotatable bonds is 4. The summed E-state index contributed by atoms with van der Waals surface area (Å²) in [6.45, 7) is 3.44. The van der Waals surface area contributed by atoms with Gasteiger partial charge in [0.2, 0.25) is 10.0 Å². The Morgan fingerprint density at radius 2 is 2.26 bits per heavy atom. The van der Waals surface area contributed by atoms with Crippen LogP contribution in [0.5, 0.6) is 0 Å². The zero-order chi connectivity index (χ0) is 13.9. The fourth-order valence-electron chi connectivity index (χ4n) is 2.30. The topological polar surface area (TPSA) is 58.2 Å². The Kier molecular flexibility index (Phi) is 4.42. The van der Waals surface area contributed by atoms with Crippen LogP contribution in [-0.2, 0) is 10.0 Å². The van der Waals surface area contributed by atoms with E-state index in [0.717, 1.165) is 24.9 Å². The maximum atomic E-state index is 13.5. The van der Waals surface area contributed by atoms with Crippen molar-refractivity contribution in [3.05, 3.63) is 29.6 Å². The zero-order valence-electron chi connectivity index (χ0n) is 10.9. The van der Waals surface area contributed by atoms with Gasteiger partial charge in [0.25, 0.3) is 0 Å². The first-order valence-corrected chi connectivity index (χ1v) is 8.09. The van der Waals surface area contributed by atoms with E-state index in [4.69, 9.17) is 0 Å². The van der Waals surface area contributed by atoms with E-state index in [-0.39, 0.29) is 17.4 Å². The van der Waals surface area contributed by atoms with Crippen molar-refractivity contribution in [2.24, 2.45) is 5.92 Å². The largest absolute Gasteiger partial charge is 0.316 e. The predicted molar refractivity (Wildman–Crippen MR) is 74.1 cm³/mol. The van der Waals surface area contributed by atoms with E-state index in [9.17, 15) is 12.8 Å². The highest BCUT2D eigenvalue weighted by atomic mass is 32.2. The molecule has 0 radical (unpaired) electrons. The average molecular weight is 286 g/mol. The van der Waals surface area contributed by atoms with Crippen molar-refractivity contribution in [3.8, 4) is 0 Å². The molecule has 1 atom stereocenters. The molecule has 19 heavy (non-hydrogen) atoms. The normalized spacial score (nSPS) is 20.2. The van der Waals surface area contributed by atoms with E-state index in [1.54, 1.807) is 13.0 Å². The Labute approximate surface area is 113 Å². The number of hydrogen-bond acceptors (Lipinski definition) is 3. The van der Waals surface area contributed by atoms with Crippen LogP contribution < -0.4 is 10.0 Å².